The molecule has 2 aromatic rings. The van der Waals surface area contributed by atoms with Gasteiger partial charge in [0.1, 0.15) is 46.8 Å². The van der Waals surface area contributed by atoms with Gasteiger partial charge in [-0.25, -0.2) is 14.4 Å². The van der Waals surface area contributed by atoms with E-state index in [1.807, 2.05) is 13.0 Å². The summed E-state index contributed by atoms with van der Waals surface area (Å²) in [7, 11) is 4.39. The molecule has 24 nitrogen and oxygen atoms in total. The van der Waals surface area contributed by atoms with Crippen molar-refractivity contribution < 1.29 is 67.1 Å². The van der Waals surface area contributed by atoms with Crippen LogP contribution in [0.1, 0.15) is 85.1 Å². The number of primary amides is 1. The molecule has 10 N–H and O–H groups in total. The summed E-state index contributed by atoms with van der Waals surface area (Å²) in [6, 6.07) is 5.07. The summed E-state index contributed by atoms with van der Waals surface area (Å²) in [5.74, 6) is -3.00. The molecule has 4 aliphatic rings. The first-order chi connectivity index (χ1) is 39.3. The minimum Gasteiger partial charge on any atom is -0.495 e. The fourth-order valence-electron chi connectivity index (χ4n) is 9.99. The number of epoxide rings is 1. The van der Waals surface area contributed by atoms with Gasteiger partial charge in [0, 0.05) is 64.0 Å². The Morgan fingerprint density at radius 1 is 0.964 bits per heavy atom. The van der Waals surface area contributed by atoms with Gasteiger partial charge < -0.3 is 66.0 Å². The Kier molecular flexibility index (Phi) is 22.7. The molecule has 9 atom stereocenters. The number of rotatable bonds is 20. The number of urea groups is 1. The Morgan fingerprint density at radius 2 is 1.66 bits per heavy atom. The van der Waals surface area contributed by atoms with Crippen LogP contribution in [0.15, 0.2) is 66.3 Å². The van der Waals surface area contributed by atoms with Gasteiger partial charge in [0.15, 0.2) is 10.8 Å². The molecule has 83 heavy (non-hydrogen) atoms. The van der Waals surface area contributed by atoms with Crippen LogP contribution >= 0.6 is 35.4 Å². The van der Waals surface area contributed by atoms with E-state index in [0.717, 1.165) is 16.0 Å². The van der Waals surface area contributed by atoms with Gasteiger partial charge in [-0.1, -0.05) is 67.8 Å². The number of anilines is 3. The van der Waals surface area contributed by atoms with Crippen LogP contribution in [0.25, 0.3) is 0 Å². The normalized spacial score (nSPS) is 25.1. The SMILES string of the molecule is COc1cc2cc(c1Cl)N(C)C(=O)C[C@H](OC(=O)Nc1ccc(NC(=O)[C@H](CCCCNC(N)=O)NC(=O)[C@@H](NC(=S)NCCCCN3C(=O)C=CC3=O)C(C)C)cc1Cl)[C@]1(C)O[C@H]1[C@H](C)[C@@H]1C[C@@](O)(NC(=O)O1)[C@H](OC)/C=C/C=C(\C)C2. The molecule has 0 aliphatic carbocycles. The number of unbranched alkanes of at least 4 members (excludes halogenated alkanes) is 2. The van der Waals surface area contributed by atoms with Crippen LogP contribution in [-0.2, 0) is 49.3 Å². The van der Waals surface area contributed by atoms with E-state index in [2.05, 4.69) is 37.2 Å². The summed E-state index contributed by atoms with van der Waals surface area (Å²) in [6.45, 7) is 9.77. The Balaban J connectivity index is 1.17. The number of nitrogens with two attached hydrogens (primary N) is 1. The van der Waals surface area contributed by atoms with Crippen molar-refractivity contribution in [2.45, 2.75) is 134 Å². The Labute approximate surface area is 497 Å². The number of benzene rings is 2. The summed E-state index contributed by atoms with van der Waals surface area (Å²) in [6.07, 6.45) is 3.57. The van der Waals surface area contributed by atoms with Crippen molar-refractivity contribution in [2.75, 3.05) is 56.4 Å². The molecule has 452 valence electrons. The van der Waals surface area contributed by atoms with Crippen molar-refractivity contribution in [3.05, 3.63) is 81.9 Å². The Morgan fingerprint density at radius 3 is 2.33 bits per heavy atom. The second kappa shape index (κ2) is 29.0. The summed E-state index contributed by atoms with van der Waals surface area (Å²) in [5.41, 5.74) is 4.17. The monoisotopic (exact) mass is 1210 g/mol. The third-order valence-electron chi connectivity index (χ3n) is 14.8. The quantitative estimate of drug-likeness (QED) is 0.0343. The molecule has 2 saturated heterocycles. The lowest BCUT2D eigenvalue weighted by atomic mass is 9.83. The van der Waals surface area contributed by atoms with Gasteiger partial charge in [-0.15, -0.1) is 0 Å². The van der Waals surface area contributed by atoms with E-state index in [0.29, 0.717) is 50.1 Å². The van der Waals surface area contributed by atoms with Crippen molar-refractivity contribution in [1.29, 1.82) is 0 Å². The molecule has 4 heterocycles. The van der Waals surface area contributed by atoms with Gasteiger partial charge in [-0.3, -0.25) is 39.5 Å². The molecule has 9 amide bonds. The number of ether oxygens (including phenoxy) is 5. The number of halogens is 2. The second-order valence-electron chi connectivity index (χ2n) is 21.3. The van der Waals surface area contributed by atoms with E-state index in [-0.39, 0.29) is 70.2 Å². The molecule has 4 bridgehead atoms. The van der Waals surface area contributed by atoms with Crippen LogP contribution in [-0.4, -0.2) is 152 Å². The van der Waals surface area contributed by atoms with Crippen molar-refractivity contribution in [2.24, 2.45) is 17.6 Å². The Hall–Kier alpha value is -7.03. The molecular formula is C56H74Cl2N10O14S. The number of hydrogen-bond acceptors (Lipinski definition) is 15. The molecule has 0 spiro atoms. The number of alkyl carbamates (subject to hydrolysis) is 1. The predicted molar refractivity (Wildman–Crippen MR) is 314 cm³/mol. The first-order valence-electron chi connectivity index (χ1n) is 27.2. The zero-order valence-electron chi connectivity index (χ0n) is 47.6. The van der Waals surface area contributed by atoms with Crippen LogP contribution in [0.4, 0.5) is 31.4 Å². The molecule has 27 heteroatoms. The van der Waals surface area contributed by atoms with Crippen molar-refractivity contribution in [3.8, 4) is 5.75 Å². The highest BCUT2D eigenvalue weighted by atomic mass is 35.5. The fraction of sp³-hybridized carbons (Fsp3) is 0.518. The molecule has 2 aromatic carbocycles. The second-order valence-corrected chi connectivity index (χ2v) is 22.5. The van der Waals surface area contributed by atoms with Gasteiger partial charge in [0.05, 0.1) is 36.0 Å². The van der Waals surface area contributed by atoms with Gasteiger partial charge in [0.25, 0.3) is 11.8 Å². The highest BCUT2D eigenvalue weighted by Crippen LogP contribution is 2.49. The van der Waals surface area contributed by atoms with E-state index in [9.17, 15) is 43.5 Å². The zero-order valence-corrected chi connectivity index (χ0v) is 49.9. The molecule has 0 saturated carbocycles. The lowest BCUT2D eigenvalue weighted by Crippen LogP contribution is -2.63. The van der Waals surface area contributed by atoms with Gasteiger partial charge in [-0.05, 0) is 106 Å². The van der Waals surface area contributed by atoms with E-state index in [1.54, 1.807) is 52.0 Å². The van der Waals surface area contributed by atoms with Gasteiger partial charge in [-0.2, -0.15) is 0 Å². The number of carbonyl (C=O) groups is 8. The van der Waals surface area contributed by atoms with Crippen LogP contribution in [0, 0.1) is 11.8 Å². The van der Waals surface area contributed by atoms with Gasteiger partial charge in [0.2, 0.25) is 17.7 Å². The number of carbonyl (C=O) groups excluding carboxylic acids is 8. The van der Waals surface area contributed by atoms with Crippen LogP contribution in [0.3, 0.4) is 0 Å². The highest BCUT2D eigenvalue weighted by molar-refractivity contribution is 7.80. The minimum absolute atomic E-state index is 0.0346. The maximum absolute atomic E-state index is 14.4. The third kappa shape index (κ3) is 17.3. The minimum atomic E-state index is -1.91. The molecule has 0 aromatic heterocycles. The van der Waals surface area contributed by atoms with E-state index in [1.165, 1.54) is 56.5 Å². The first-order valence-corrected chi connectivity index (χ1v) is 28.3. The number of methoxy groups -OCH3 is 2. The van der Waals surface area contributed by atoms with Crippen molar-refractivity contribution in [1.82, 2.24) is 31.5 Å². The number of imide groups is 1. The molecule has 0 unspecified atom stereocenters. The van der Waals surface area contributed by atoms with Crippen LogP contribution in [0.5, 0.6) is 5.75 Å². The lowest BCUT2D eigenvalue weighted by Gasteiger charge is -2.42. The molecule has 0 radical (unpaired) electrons. The number of thiocarbonyl (C=S) groups is 1. The molecule has 6 rings (SSSR count). The molecule has 4 aliphatic heterocycles. The summed E-state index contributed by atoms with van der Waals surface area (Å²) >= 11 is 19.1. The summed E-state index contributed by atoms with van der Waals surface area (Å²) in [5, 5.41) is 31.5. The largest absolute Gasteiger partial charge is 0.495 e. The third-order valence-corrected chi connectivity index (χ3v) is 15.7. The number of hydrogen-bond donors (Lipinski definition) is 9. The Bertz CT molecular complexity index is 2880. The maximum Gasteiger partial charge on any atom is 0.412 e. The van der Waals surface area contributed by atoms with Crippen LogP contribution < -0.4 is 52.6 Å². The first kappa shape index (κ1) is 65.1. The number of allylic oxidation sites excluding steroid dienone is 3. The zero-order chi connectivity index (χ0) is 60.9. The number of amides is 9. The number of aliphatic hydroxyl groups is 1. The van der Waals surface area contributed by atoms with Crippen LogP contribution in [0.2, 0.25) is 10.0 Å². The standard InChI is InChI=1S/C56H74Cl2N10O14S/c1-30(2)47(65-52(83)61-22-11-12-23-68-43(69)19-20-44(68)70)50(73)63-37(15-9-10-21-60-51(59)74)49(72)62-34-17-18-36(35(57)27-34)64-53(75)81-42-28-45(71)67(6)38-25-33(26-39(78-7)46(38)58)24-31(3)14-13-16-41(79-8)56(77)29-40(80-54(76)66-56)32(4)48-55(42,5)82-48/h13-14,16-20,25-27,30,32,37,40-42,47-48,77H,9-12,15,21-24,28-29H2,1-8H3,(H,62,72)(H,63,73)(H,64,75)(H,66,76)(H3,59,60,74)(H2,61,65,83)/b16-13+,31-14+/t32-,37+,40+,41-,42+,47+,48+,55+,56+/m1/s1. The average Bonchev–Trinajstić information content (AvgIpc) is 3.94. The molecular weight excluding hydrogens is 1140 g/mol. The number of fused-ring (bicyclic) bond motifs is 5. The predicted octanol–water partition coefficient (Wildman–Crippen LogP) is 5.48. The smallest absolute Gasteiger partial charge is 0.412 e. The summed E-state index contributed by atoms with van der Waals surface area (Å²) < 4.78 is 29.4. The maximum atomic E-state index is 14.4. The van der Waals surface area contributed by atoms with E-state index in [4.69, 9.17) is 64.8 Å². The topological polar surface area (TPSA) is 323 Å². The van der Waals surface area contributed by atoms with Gasteiger partial charge >= 0.3 is 18.2 Å². The fourth-order valence-corrected chi connectivity index (χ4v) is 10.8. The van der Waals surface area contributed by atoms with E-state index >= 15 is 0 Å². The number of nitrogens with zero attached hydrogens (tertiary/aromatic N) is 2. The lowest BCUT2D eigenvalue weighted by molar-refractivity contribution is -0.142. The molecule has 2 fully saturated rings. The van der Waals surface area contributed by atoms with Crippen molar-refractivity contribution in [3.63, 3.8) is 0 Å². The highest BCUT2D eigenvalue weighted by Gasteiger charge is 2.64. The summed E-state index contributed by atoms with van der Waals surface area (Å²) in [4.78, 5) is 107. The van der Waals surface area contributed by atoms with E-state index < -0.39 is 96.1 Å². The number of nitrogens with one attached hydrogen (secondary N) is 7. The average molecular weight is 1210 g/mol. The van der Waals surface area contributed by atoms with Crippen molar-refractivity contribution >= 4 is 105 Å².